The maximum atomic E-state index is 12.4. The van der Waals surface area contributed by atoms with E-state index in [0.29, 0.717) is 6.42 Å². The van der Waals surface area contributed by atoms with Crippen molar-refractivity contribution in [2.75, 3.05) is 13.2 Å². The highest BCUT2D eigenvalue weighted by Gasteiger charge is 2.18. The molecule has 30 heavy (non-hydrogen) atoms. The van der Waals surface area contributed by atoms with Crippen LogP contribution in [-0.4, -0.2) is 30.1 Å². The summed E-state index contributed by atoms with van der Waals surface area (Å²) in [5.41, 5.74) is -0.196. The summed E-state index contributed by atoms with van der Waals surface area (Å²) in [6.45, 7) is 4.60. The number of nitro groups is 1. The first-order chi connectivity index (χ1) is 14.5. The summed E-state index contributed by atoms with van der Waals surface area (Å²) >= 11 is 0. The number of carbonyl (C=O) groups is 2. The van der Waals surface area contributed by atoms with Gasteiger partial charge in [-0.3, -0.25) is 10.1 Å². The molecule has 166 valence electrons. The molecule has 0 saturated heterocycles. The quantitative estimate of drug-likeness (QED) is 0.0968. The third-order valence-electron chi connectivity index (χ3n) is 4.18. The van der Waals surface area contributed by atoms with Gasteiger partial charge in [0, 0.05) is 6.07 Å². The molecule has 0 spiro atoms. The van der Waals surface area contributed by atoms with E-state index in [9.17, 15) is 19.7 Å². The first-order valence-corrected chi connectivity index (χ1v) is 10.5. The molecule has 0 saturated carbocycles. The Balaban J connectivity index is 2.79. The van der Waals surface area contributed by atoms with Gasteiger partial charge in [0.1, 0.15) is 5.75 Å². The van der Waals surface area contributed by atoms with Gasteiger partial charge in [-0.25, -0.2) is 9.59 Å². The molecule has 0 radical (unpaired) electrons. The van der Waals surface area contributed by atoms with Gasteiger partial charge >= 0.3 is 11.9 Å². The molecule has 0 amide bonds. The molecule has 1 rings (SSSR count). The van der Waals surface area contributed by atoms with E-state index < -0.39 is 16.9 Å². The molecule has 0 fully saturated rings. The Labute approximate surface area is 177 Å². The summed E-state index contributed by atoms with van der Waals surface area (Å²) in [6, 6.07) is 5.34. The molecule has 0 N–H and O–H groups in total. The highest BCUT2D eigenvalue weighted by atomic mass is 16.6. The minimum Gasteiger partial charge on any atom is -0.462 e. The van der Waals surface area contributed by atoms with Crippen molar-refractivity contribution in [3.63, 3.8) is 0 Å². The second-order valence-electron chi connectivity index (χ2n) is 6.79. The largest absolute Gasteiger partial charge is 0.462 e. The van der Waals surface area contributed by atoms with Gasteiger partial charge in [0.25, 0.3) is 5.69 Å². The standard InChI is InChI=1S/C22H31NO7/c1-3-5-7-9-14-28-21(24)17-20(22(25)29-15-10-8-6-4-2)30-19-13-11-12-18(16-19)23(26)27/h11-13,16-17H,3-10,14-15H2,1-2H3. The molecule has 0 atom stereocenters. The van der Waals surface area contributed by atoms with Gasteiger partial charge in [0.05, 0.1) is 30.3 Å². The van der Waals surface area contributed by atoms with Crippen molar-refractivity contribution >= 4 is 17.6 Å². The summed E-state index contributed by atoms with van der Waals surface area (Å²) in [5, 5.41) is 10.9. The van der Waals surface area contributed by atoms with Crippen LogP contribution in [0.3, 0.4) is 0 Å². The van der Waals surface area contributed by atoms with Crippen LogP contribution in [-0.2, 0) is 19.1 Å². The molecule has 0 aliphatic rings. The minimum atomic E-state index is -0.819. The number of carbonyl (C=O) groups excluding carboxylic acids is 2. The zero-order valence-electron chi connectivity index (χ0n) is 17.8. The molecule has 8 heteroatoms. The number of hydrogen-bond donors (Lipinski definition) is 0. The molecule has 0 aliphatic carbocycles. The van der Waals surface area contributed by atoms with Crippen LogP contribution in [0.25, 0.3) is 0 Å². The molecule has 0 heterocycles. The molecule has 0 aromatic heterocycles. The van der Waals surface area contributed by atoms with E-state index in [1.807, 2.05) is 0 Å². The number of nitro benzene ring substituents is 1. The fourth-order valence-electron chi connectivity index (χ4n) is 2.53. The molecular formula is C22H31NO7. The lowest BCUT2D eigenvalue weighted by atomic mass is 10.2. The van der Waals surface area contributed by atoms with E-state index in [-0.39, 0.29) is 30.4 Å². The summed E-state index contributed by atoms with van der Waals surface area (Å²) in [6.07, 6.45) is 8.44. The van der Waals surface area contributed by atoms with Crippen molar-refractivity contribution in [3.05, 3.63) is 46.2 Å². The molecule has 8 nitrogen and oxygen atoms in total. The molecule has 0 aliphatic heterocycles. The van der Waals surface area contributed by atoms with Gasteiger partial charge in [-0.1, -0.05) is 58.4 Å². The third kappa shape index (κ3) is 10.6. The SMILES string of the molecule is CCCCCCOC(=O)C=C(Oc1cccc([N+](=O)[O-])c1)C(=O)OCCCCCC. The second-order valence-corrected chi connectivity index (χ2v) is 6.79. The number of esters is 2. The van der Waals surface area contributed by atoms with E-state index in [2.05, 4.69) is 13.8 Å². The van der Waals surface area contributed by atoms with Crippen LogP contribution in [0.4, 0.5) is 5.69 Å². The number of benzene rings is 1. The number of nitrogens with zero attached hydrogens (tertiary/aromatic N) is 1. The Morgan fingerprint density at radius 2 is 1.60 bits per heavy atom. The molecular weight excluding hydrogens is 390 g/mol. The predicted octanol–water partition coefficient (Wildman–Crippen LogP) is 5.10. The van der Waals surface area contributed by atoms with Crippen molar-refractivity contribution in [3.8, 4) is 5.75 Å². The van der Waals surface area contributed by atoms with Gasteiger partial charge in [-0.05, 0) is 18.9 Å². The van der Waals surface area contributed by atoms with Gasteiger partial charge in [0.2, 0.25) is 5.76 Å². The summed E-state index contributed by atoms with van der Waals surface area (Å²) in [4.78, 5) is 34.8. The lowest BCUT2D eigenvalue weighted by molar-refractivity contribution is -0.384. The van der Waals surface area contributed by atoms with Crippen molar-refractivity contribution < 1.29 is 28.7 Å². The molecule has 0 bridgehead atoms. The first kappa shape index (κ1) is 25.1. The van der Waals surface area contributed by atoms with Gasteiger partial charge in [-0.15, -0.1) is 0 Å². The van der Waals surface area contributed by atoms with Crippen molar-refractivity contribution in [2.45, 2.75) is 65.2 Å². The average Bonchev–Trinajstić information content (AvgIpc) is 2.73. The van der Waals surface area contributed by atoms with Crippen LogP contribution in [0, 0.1) is 10.1 Å². The van der Waals surface area contributed by atoms with Crippen LogP contribution >= 0.6 is 0 Å². The summed E-state index contributed by atoms with van der Waals surface area (Å²) in [7, 11) is 0. The van der Waals surface area contributed by atoms with E-state index in [1.54, 1.807) is 0 Å². The zero-order valence-corrected chi connectivity index (χ0v) is 17.8. The number of unbranched alkanes of at least 4 members (excludes halogenated alkanes) is 6. The van der Waals surface area contributed by atoms with E-state index in [1.165, 1.54) is 24.3 Å². The van der Waals surface area contributed by atoms with Gasteiger partial charge in [0.15, 0.2) is 0 Å². The fraction of sp³-hybridized carbons (Fsp3) is 0.545. The maximum Gasteiger partial charge on any atom is 0.374 e. The smallest absolute Gasteiger partial charge is 0.374 e. The number of non-ortho nitro benzene ring substituents is 1. The van der Waals surface area contributed by atoms with Crippen LogP contribution in [0.2, 0.25) is 0 Å². The Hall–Kier alpha value is -2.90. The van der Waals surface area contributed by atoms with E-state index >= 15 is 0 Å². The maximum absolute atomic E-state index is 12.4. The Morgan fingerprint density at radius 1 is 0.967 bits per heavy atom. The summed E-state index contributed by atoms with van der Waals surface area (Å²) in [5.74, 6) is -1.87. The van der Waals surface area contributed by atoms with Gasteiger partial charge < -0.3 is 14.2 Å². The monoisotopic (exact) mass is 421 g/mol. The van der Waals surface area contributed by atoms with E-state index in [0.717, 1.165) is 51.0 Å². The molecule has 0 unspecified atom stereocenters. The Bertz CT molecular complexity index is 715. The lowest BCUT2D eigenvalue weighted by Crippen LogP contribution is -2.16. The highest BCUT2D eigenvalue weighted by molar-refractivity contribution is 5.95. The van der Waals surface area contributed by atoms with Crippen molar-refractivity contribution in [1.29, 1.82) is 0 Å². The second kappa shape index (κ2) is 15.0. The number of hydrogen-bond acceptors (Lipinski definition) is 7. The first-order valence-electron chi connectivity index (χ1n) is 10.5. The Morgan fingerprint density at radius 3 is 2.20 bits per heavy atom. The van der Waals surface area contributed by atoms with Gasteiger partial charge in [-0.2, -0.15) is 0 Å². The fourth-order valence-corrected chi connectivity index (χ4v) is 2.53. The topological polar surface area (TPSA) is 105 Å². The van der Waals surface area contributed by atoms with Crippen LogP contribution in [0.15, 0.2) is 36.1 Å². The minimum absolute atomic E-state index is 0.0501. The van der Waals surface area contributed by atoms with Crippen molar-refractivity contribution in [2.24, 2.45) is 0 Å². The zero-order chi connectivity index (χ0) is 22.2. The number of ether oxygens (including phenoxy) is 3. The van der Waals surface area contributed by atoms with Crippen molar-refractivity contribution in [1.82, 2.24) is 0 Å². The van der Waals surface area contributed by atoms with Crippen LogP contribution in [0.5, 0.6) is 5.75 Å². The third-order valence-corrected chi connectivity index (χ3v) is 4.18. The molecule has 1 aromatic rings. The summed E-state index contributed by atoms with van der Waals surface area (Å²) < 4.78 is 15.7. The lowest BCUT2D eigenvalue weighted by Gasteiger charge is -2.10. The highest BCUT2D eigenvalue weighted by Crippen LogP contribution is 2.21. The van der Waals surface area contributed by atoms with Crippen LogP contribution in [0.1, 0.15) is 65.2 Å². The molecule has 1 aromatic carbocycles. The number of rotatable bonds is 15. The Kier molecular flexibility index (Phi) is 12.6. The van der Waals surface area contributed by atoms with Crippen LogP contribution < -0.4 is 4.74 Å². The predicted molar refractivity (Wildman–Crippen MR) is 112 cm³/mol. The van der Waals surface area contributed by atoms with E-state index in [4.69, 9.17) is 14.2 Å². The average molecular weight is 421 g/mol. The normalized spacial score (nSPS) is 11.1.